The fourth-order valence-corrected chi connectivity index (χ4v) is 3.13. The van der Waals surface area contributed by atoms with Gasteiger partial charge in [0, 0.05) is 38.3 Å². The van der Waals surface area contributed by atoms with Crippen LogP contribution >= 0.6 is 0 Å². The van der Waals surface area contributed by atoms with Gasteiger partial charge in [0.15, 0.2) is 0 Å². The van der Waals surface area contributed by atoms with Gasteiger partial charge in [0.1, 0.15) is 11.6 Å². The predicted molar refractivity (Wildman–Crippen MR) is 97.5 cm³/mol. The molecule has 0 radical (unpaired) electrons. The van der Waals surface area contributed by atoms with E-state index in [1.165, 1.54) is 12.1 Å². The highest BCUT2D eigenvalue weighted by Crippen LogP contribution is 2.16. The van der Waals surface area contributed by atoms with Crippen molar-refractivity contribution in [1.29, 1.82) is 0 Å². The molecule has 0 unspecified atom stereocenters. The van der Waals surface area contributed by atoms with Crippen molar-refractivity contribution in [3.63, 3.8) is 0 Å². The van der Waals surface area contributed by atoms with Gasteiger partial charge >= 0.3 is 0 Å². The Morgan fingerprint density at radius 2 is 2.19 bits per heavy atom. The van der Waals surface area contributed by atoms with Crippen molar-refractivity contribution in [2.75, 3.05) is 25.1 Å². The van der Waals surface area contributed by atoms with Crippen molar-refractivity contribution in [2.45, 2.75) is 32.4 Å². The Bertz CT molecular complexity index is 808. The molecule has 2 aromatic rings. The summed E-state index contributed by atoms with van der Waals surface area (Å²) in [7, 11) is 0. The molecule has 2 heterocycles. The first kappa shape index (κ1) is 19.0. The number of benzene rings is 1. The van der Waals surface area contributed by atoms with E-state index in [-0.39, 0.29) is 30.0 Å². The molecule has 8 heteroatoms. The quantitative estimate of drug-likeness (QED) is 0.839. The minimum Gasteiger partial charge on any atom is -0.377 e. The number of aryl methyl sites for hydroxylation is 2. The van der Waals surface area contributed by atoms with Crippen molar-refractivity contribution >= 4 is 17.5 Å². The lowest BCUT2D eigenvalue weighted by atomic mass is 10.1. The maximum Gasteiger partial charge on any atom is 0.226 e. The molecule has 3 rings (SSSR count). The SMILES string of the molecule is Cc1nccn1CCC(=O)N1CCOC[C@@H]1CC(=O)Nc1ccccc1F. The standard InChI is InChI=1S/C19H23FN4O3/c1-14-21-7-9-23(14)8-6-19(26)24-10-11-27-13-15(24)12-18(25)22-17-5-3-2-4-16(17)20/h2-5,7,9,15H,6,8,10-13H2,1H3,(H,22,25)/t15-/m0/s1. The number of halogens is 1. The topological polar surface area (TPSA) is 76.5 Å². The first-order valence-corrected chi connectivity index (χ1v) is 8.94. The zero-order chi connectivity index (χ0) is 19.2. The van der Waals surface area contributed by atoms with Crippen LogP contribution in [0.25, 0.3) is 0 Å². The fraction of sp³-hybridized carbons (Fsp3) is 0.421. The molecule has 0 saturated carbocycles. The molecular formula is C19H23FN4O3. The summed E-state index contributed by atoms with van der Waals surface area (Å²) in [5, 5.41) is 2.56. The molecule has 1 aliphatic rings. The van der Waals surface area contributed by atoms with E-state index in [0.717, 1.165) is 5.82 Å². The highest BCUT2D eigenvalue weighted by molar-refractivity contribution is 5.91. The molecule has 27 heavy (non-hydrogen) atoms. The number of hydrogen-bond donors (Lipinski definition) is 1. The Hall–Kier alpha value is -2.74. The number of hydrogen-bond acceptors (Lipinski definition) is 4. The Labute approximate surface area is 157 Å². The van der Waals surface area contributed by atoms with E-state index < -0.39 is 5.82 Å². The third-order valence-electron chi connectivity index (χ3n) is 4.61. The van der Waals surface area contributed by atoms with Crippen molar-refractivity contribution in [1.82, 2.24) is 14.5 Å². The number of rotatable bonds is 6. The normalized spacial score (nSPS) is 17.0. The molecule has 0 bridgehead atoms. The summed E-state index contributed by atoms with van der Waals surface area (Å²) in [6.45, 7) is 3.60. The third kappa shape index (κ3) is 4.91. The zero-order valence-corrected chi connectivity index (χ0v) is 15.2. The van der Waals surface area contributed by atoms with E-state index in [0.29, 0.717) is 32.7 Å². The van der Waals surface area contributed by atoms with Crippen LogP contribution < -0.4 is 5.32 Å². The van der Waals surface area contributed by atoms with E-state index in [1.807, 2.05) is 17.7 Å². The molecule has 1 fully saturated rings. The van der Waals surface area contributed by atoms with Gasteiger partial charge in [-0.3, -0.25) is 9.59 Å². The number of para-hydroxylation sites is 1. The second-order valence-electron chi connectivity index (χ2n) is 6.47. The molecular weight excluding hydrogens is 351 g/mol. The van der Waals surface area contributed by atoms with Gasteiger partial charge in [-0.15, -0.1) is 0 Å². The van der Waals surface area contributed by atoms with Crippen LogP contribution in [0.3, 0.4) is 0 Å². The smallest absolute Gasteiger partial charge is 0.226 e. The lowest BCUT2D eigenvalue weighted by Gasteiger charge is -2.35. The lowest BCUT2D eigenvalue weighted by Crippen LogP contribution is -2.50. The maximum absolute atomic E-state index is 13.7. The number of nitrogens with one attached hydrogen (secondary N) is 1. The Balaban J connectivity index is 1.57. The summed E-state index contributed by atoms with van der Waals surface area (Å²) in [6.07, 6.45) is 3.92. The first-order chi connectivity index (χ1) is 13.0. The van der Waals surface area contributed by atoms with Crippen molar-refractivity contribution < 1.29 is 18.7 Å². The molecule has 1 atom stereocenters. The molecule has 1 N–H and O–H groups in total. The largest absolute Gasteiger partial charge is 0.377 e. The van der Waals surface area contributed by atoms with Gasteiger partial charge in [0.25, 0.3) is 0 Å². The number of aromatic nitrogens is 2. The van der Waals surface area contributed by atoms with Crippen LogP contribution in [0.5, 0.6) is 0 Å². The van der Waals surface area contributed by atoms with Gasteiger partial charge in [-0.2, -0.15) is 0 Å². The highest BCUT2D eigenvalue weighted by atomic mass is 19.1. The summed E-state index contributed by atoms with van der Waals surface area (Å²) < 4.78 is 21.0. The molecule has 0 aliphatic carbocycles. The maximum atomic E-state index is 13.7. The van der Waals surface area contributed by atoms with Gasteiger partial charge in [-0.05, 0) is 19.1 Å². The highest BCUT2D eigenvalue weighted by Gasteiger charge is 2.29. The predicted octanol–water partition coefficient (Wildman–Crippen LogP) is 1.98. The molecule has 2 amide bonds. The van der Waals surface area contributed by atoms with Gasteiger partial charge in [0.05, 0.1) is 24.9 Å². The molecule has 1 aromatic carbocycles. The van der Waals surface area contributed by atoms with Crippen molar-refractivity contribution in [3.05, 3.63) is 48.3 Å². The van der Waals surface area contributed by atoms with Crippen LogP contribution in [0, 0.1) is 12.7 Å². The number of imidazole rings is 1. The molecule has 1 aromatic heterocycles. The summed E-state index contributed by atoms with van der Waals surface area (Å²) in [6, 6.07) is 5.63. The van der Waals surface area contributed by atoms with Gasteiger partial charge in [-0.1, -0.05) is 12.1 Å². The monoisotopic (exact) mass is 374 g/mol. The number of amides is 2. The van der Waals surface area contributed by atoms with Crippen LogP contribution in [0.2, 0.25) is 0 Å². The first-order valence-electron chi connectivity index (χ1n) is 8.94. The van der Waals surface area contributed by atoms with E-state index in [9.17, 15) is 14.0 Å². The Kier molecular flexibility index (Phi) is 6.18. The molecule has 144 valence electrons. The average Bonchev–Trinajstić information content (AvgIpc) is 3.07. The van der Waals surface area contributed by atoms with E-state index in [1.54, 1.807) is 23.2 Å². The van der Waals surface area contributed by atoms with Crippen molar-refractivity contribution in [3.8, 4) is 0 Å². The van der Waals surface area contributed by atoms with Gasteiger partial charge < -0.3 is 19.5 Å². The number of ether oxygens (including phenoxy) is 1. The number of nitrogens with zero attached hydrogens (tertiary/aromatic N) is 3. The van der Waals surface area contributed by atoms with Crippen LogP contribution in [-0.4, -0.2) is 52.1 Å². The van der Waals surface area contributed by atoms with E-state index in [4.69, 9.17) is 4.74 Å². The van der Waals surface area contributed by atoms with Crippen LogP contribution in [0.1, 0.15) is 18.7 Å². The number of carbonyl (C=O) groups excluding carboxylic acids is 2. The minimum absolute atomic E-state index is 0.0323. The minimum atomic E-state index is -0.491. The zero-order valence-electron chi connectivity index (χ0n) is 15.2. The Morgan fingerprint density at radius 3 is 2.93 bits per heavy atom. The van der Waals surface area contributed by atoms with Gasteiger partial charge in [0.2, 0.25) is 11.8 Å². The van der Waals surface area contributed by atoms with E-state index in [2.05, 4.69) is 10.3 Å². The summed E-state index contributed by atoms with van der Waals surface area (Å²) >= 11 is 0. The van der Waals surface area contributed by atoms with Crippen molar-refractivity contribution in [2.24, 2.45) is 0 Å². The van der Waals surface area contributed by atoms with Crippen LogP contribution in [0.15, 0.2) is 36.7 Å². The number of anilines is 1. The molecule has 7 nitrogen and oxygen atoms in total. The molecule has 1 aliphatic heterocycles. The average molecular weight is 374 g/mol. The second-order valence-corrected chi connectivity index (χ2v) is 6.47. The fourth-order valence-electron chi connectivity index (χ4n) is 3.13. The molecule has 0 spiro atoms. The van der Waals surface area contributed by atoms with Crippen LogP contribution in [-0.2, 0) is 20.9 Å². The summed E-state index contributed by atoms with van der Waals surface area (Å²) in [5.74, 6) is -0.0195. The van der Waals surface area contributed by atoms with Crippen LogP contribution in [0.4, 0.5) is 10.1 Å². The summed E-state index contributed by atoms with van der Waals surface area (Å²) in [5.41, 5.74) is 0.132. The number of morpholine rings is 1. The summed E-state index contributed by atoms with van der Waals surface area (Å²) in [4.78, 5) is 30.8. The molecule has 1 saturated heterocycles. The lowest BCUT2D eigenvalue weighted by molar-refractivity contribution is -0.141. The van der Waals surface area contributed by atoms with Gasteiger partial charge in [-0.25, -0.2) is 9.37 Å². The van der Waals surface area contributed by atoms with E-state index >= 15 is 0 Å². The third-order valence-corrected chi connectivity index (χ3v) is 4.61. The number of carbonyl (C=O) groups is 2. The Morgan fingerprint density at radius 1 is 1.37 bits per heavy atom. The second kappa shape index (κ2) is 8.77.